The van der Waals surface area contributed by atoms with E-state index in [1.165, 1.54) is 0 Å². The van der Waals surface area contributed by atoms with Crippen molar-refractivity contribution in [2.24, 2.45) is 10.9 Å². The first-order valence-electron chi connectivity index (χ1n) is 9.48. The number of halogens is 1. The summed E-state index contributed by atoms with van der Waals surface area (Å²) in [6.45, 7) is 11.9. The Labute approximate surface area is 181 Å². The predicted octanol–water partition coefficient (Wildman–Crippen LogP) is 2.97. The molecule has 0 fully saturated rings. The molecule has 0 heterocycles. The van der Waals surface area contributed by atoms with E-state index in [1.54, 1.807) is 0 Å². The summed E-state index contributed by atoms with van der Waals surface area (Å²) in [5, 5.41) is 16.5. The van der Waals surface area contributed by atoms with E-state index in [1.807, 2.05) is 38.1 Å². The zero-order valence-corrected chi connectivity index (χ0v) is 19.4. The lowest BCUT2D eigenvalue weighted by atomic mass is 10.2. The van der Waals surface area contributed by atoms with Crippen molar-refractivity contribution in [3.8, 4) is 5.75 Å². The minimum absolute atomic E-state index is 0. The lowest BCUT2D eigenvalue weighted by molar-refractivity contribution is 0.108. The Hall–Kier alpha value is -1.06. The fourth-order valence-electron chi connectivity index (χ4n) is 2.19. The number of aryl methyl sites for hydroxylation is 1. The zero-order chi connectivity index (χ0) is 19.2. The highest BCUT2D eigenvalue weighted by molar-refractivity contribution is 14.0. The van der Waals surface area contributed by atoms with E-state index in [9.17, 15) is 5.11 Å². The molecule has 0 saturated carbocycles. The molecule has 0 aliphatic heterocycles. The molecule has 1 atom stereocenters. The highest BCUT2D eigenvalue weighted by atomic mass is 127. The average Bonchev–Trinajstić information content (AvgIpc) is 2.60. The highest BCUT2D eigenvalue weighted by Crippen LogP contribution is 2.12. The molecule has 1 aromatic rings. The van der Waals surface area contributed by atoms with Crippen molar-refractivity contribution in [1.82, 2.24) is 10.6 Å². The maximum Gasteiger partial charge on any atom is 0.191 e. The monoisotopic (exact) mass is 493 g/mol. The SMILES string of the molecule is CCNC(=NCC(O)COc1cccc(C)c1)NCCCOCC(C)C.I. The quantitative estimate of drug-likeness (QED) is 0.181. The van der Waals surface area contributed by atoms with E-state index >= 15 is 0 Å². The van der Waals surface area contributed by atoms with Crippen LogP contribution in [0.2, 0.25) is 0 Å². The van der Waals surface area contributed by atoms with E-state index in [0.717, 1.165) is 44.0 Å². The molecule has 0 aliphatic rings. The second kappa shape index (κ2) is 15.9. The van der Waals surface area contributed by atoms with Crippen LogP contribution in [0.25, 0.3) is 0 Å². The molecule has 156 valence electrons. The van der Waals surface area contributed by atoms with E-state index in [4.69, 9.17) is 9.47 Å². The Morgan fingerprint density at radius 3 is 2.67 bits per heavy atom. The Bertz CT molecular complexity index is 527. The molecule has 0 saturated heterocycles. The fourth-order valence-corrected chi connectivity index (χ4v) is 2.19. The minimum Gasteiger partial charge on any atom is -0.491 e. The predicted molar refractivity (Wildman–Crippen MR) is 122 cm³/mol. The van der Waals surface area contributed by atoms with Crippen molar-refractivity contribution in [2.75, 3.05) is 39.5 Å². The molecule has 0 amide bonds. The van der Waals surface area contributed by atoms with Gasteiger partial charge in [0.15, 0.2) is 5.96 Å². The molecule has 3 N–H and O–H groups in total. The summed E-state index contributed by atoms with van der Waals surface area (Å²) in [6, 6.07) is 7.78. The van der Waals surface area contributed by atoms with Crippen LogP contribution in [0, 0.1) is 12.8 Å². The maximum absolute atomic E-state index is 10.1. The molecule has 1 unspecified atom stereocenters. The first-order chi connectivity index (χ1) is 12.5. The summed E-state index contributed by atoms with van der Waals surface area (Å²) < 4.78 is 11.2. The topological polar surface area (TPSA) is 75.1 Å². The second-order valence-corrected chi connectivity index (χ2v) is 6.75. The van der Waals surface area contributed by atoms with E-state index < -0.39 is 6.10 Å². The molecule has 7 heteroatoms. The van der Waals surface area contributed by atoms with Crippen LogP contribution in [0.15, 0.2) is 29.3 Å². The number of hydrogen-bond acceptors (Lipinski definition) is 4. The third-order valence-electron chi connectivity index (χ3n) is 3.45. The van der Waals surface area contributed by atoms with Gasteiger partial charge in [-0.15, -0.1) is 24.0 Å². The molecule has 0 aromatic heterocycles. The summed E-state index contributed by atoms with van der Waals surface area (Å²) in [6.07, 6.45) is 0.260. The van der Waals surface area contributed by atoms with Gasteiger partial charge in [-0.3, -0.25) is 4.99 Å². The van der Waals surface area contributed by atoms with Crippen LogP contribution in [-0.4, -0.2) is 56.6 Å². The maximum atomic E-state index is 10.1. The summed E-state index contributed by atoms with van der Waals surface area (Å²) in [7, 11) is 0. The van der Waals surface area contributed by atoms with Crippen LogP contribution in [0.4, 0.5) is 0 Å². The number of rotatable bonds is 12. The van der Waals surface area contributed by atoms with Crippen molar-refractivity contribution < 1.29 is 14.6 Å². The normalized spacial score (nSPS) is 12.4. The van der Waals surface area contributed by atoms with Gasteiger partial charge in [-0.05, 0) is 43.9 Å². The first kappa shape index (κ1) is 25.9. The number of hydrogen-bond donors (Lipinski definition) is 3. The lowest BCUT2D eigenvalue weighted by Crippen LogP contribution is -2.39. The van der Waals surface area contributed by atoms with E-state index in [2.05, 4.69) is 29.5 Å². The fraction of sp³-hybridized carbons (Fsp3) is 0.650. The number of aliphatic imine (C=N–C) groups is 1. The molecule has 27 heavy (non-hydrogen) atoms. The average molecular weight is 493 g/mol. The molecule has 0 bridgehead atoms. The third-order valence-corrected chi connectivity index (χ3v) is 3.45. The van der Waals surface area contributed by atoms with Crippen molar-refractivity contribution in [2.45, 2.75) is 40.2 Å². The van der Waals surface area contributed by atoms with Gasteiger partial charge in [0.25, 0.3) is 0 Å². The van der Waals surface area contributed by atoms with Gasteiger partial charge in [-0.25, -0.2) is 0 Å². The highest BCUT2D eigenvalue weighted by Gasteiger charge is 2.06. The summed E-state index contributed by atoms with van der Waals surface area (Å²) in [4.78, 5) is 4.41. The minimum atomic E-state index is -0.652. The van der Waals surface area contributed by atoms with E-state index in [-0.39, 0.29) is 37.1 Å². The van der Waals surface area contributed by atoms with Crippen LogP contribution in [-0.2, 0) is 4.74 Å². The van der Waals surface area contributed by atoms with Gasteiger partial charge >= 0.3 is 0 Å². The largest absolute Gasteiger partial charge is 0.491 e. The van der Waals surface area contributed by atoms with Crippen molar-refractivity contribution in [1.29, 1.82) is 0 Å². The van der Waals surface area contributed by atoms with Gasteiger partial charge < -0.3 is 25.2 Å². The standard InChI is InChI=1S/C20H35N3O3.HI/c1-5-21-20(22-10-7-11-25-14-16(2)3)23-13-18(24)15-26-19-9-6-8-17(4)12-19;/h6,8-9,12,16,18,24H,5,7,10-11,13-15H2,1-4H3,(H2,21,22,23);1H. The number of guanidine groups is 1. The number of benzene rings is 1. The molecular weight excluding hydrogens is 457 g/mol. The van der Waals surface area contributed by atoms with Gasteiger partial charge in [0.1, 0.15) is 18.5 Å². The number of nitrogens with zero attached hydrogens (tertiary/aromatic N) is 1. The number of ether oxygens (including phenoxy) is 2. The smallest absolute Gasteiger partial charge is 0.191 e. The van der Waals surface area contributed by atoms with Crippen molar-refractivity contribution in [3.63, 3.8) is 0 Å². The van der Waals surface area contributed by atoms with Crippen LogP contribution in [0.5, 0.6) is 5.75 Å². The lowest BCUT2D eigenvalue weighted by Gasteiger charge is -2.14. The number of nitrogens with one attached hydrogen (secondary N) is 2. The Morgan fingerprint density at radius 1 is 1.22 bits per heavy atom. The zero-order valence-electron chi connectivity index (χ0n) is 17.0. The van der Waals surface area contributed by atoms with Gasteiger partial charge in [0, 0.05) is 26.3 Å². The van der Waals surface area contributed by atoms with Crippen LogP contribution in [0.1, 0.15) is 32.8 Å². The van der Waals surface area contributed by atoms with Crippen LogP contribution in [0.3, 0.4) is 0 Å². The Morgan fingerprint density at radius 2 is 2.00 bits per heavy atom. The molecule has 1 rings (SSSR count). The molecule has 0 radical (unpaired) electrons. The Balaban J connectivity index is 0.00000676. The van der Waals surface area contributed by atoms with Crippen LogP contribution >= 0.6 is 24.0 Å². The molecule has 6 nitrogen and oxygen atoms in total. The summed E-state index contributed by atoms with van der Waals surface area (Å²) in [5.74, 6) is 2.02. The summed E-state index contributed by atoms with van der Waals surface area (Å²) >= 11 is 0. The second-order valence-electron chi connectivity index (χ2n) is 6.75. The molecular formula is C20H36IN3O3. The van der Waals surface area contributed by atoms with Gasteiger partial charge in [0.2, 0.25) is 0 Å². The number of aliphatic hydroxyl groups is 1. The molecule has 1 aromatic carbocycles. The van der Waals surface area contributed by atoms with Crippen molar-refractivity contribution in [3.05, 3.63) is 29.8 Å². The van der Waals surface area contributed by atoms with Gasteiger partial charge in [-0.2, -0.15) is 0 Å². The number of aliphatic hydroxyl groups excluding tert-OH is 1. The van der Waals surface area contributed by atoms with Gasteiger partial charge in [-0.1, -0.05) is 26.0 Å². The van der Waals surface area contributed by atoms with Crippen molar-refractivity contribution >= 4 is 29.9 Å². The Kier molecular flexibility index (Phi) is 15.3. The van der Waals surface area contributed by atoms with E-state index in [0.29, 0.717) is 11.9 Å². The summed E-state index contributed by atoms with van der Waals surface area (Å²) in [5.41, 5.74) is 1.13. The van der Waals surface area contributed by atoms with Gasteiger partial charge in [0.05, 0.1) is 6.54 Å². The molecule has 0 aliphatic carbocycles. The van der Waals surface area contributed by atoms with Crippen LogP contribution < -0.4 is 15.4 Å². The third kappa shape index (κ3) is 13.7. The molecule has 0 spiro atoms. The first-order valence-corrected chi connectivity index (χ1v) is 9.48.